The van der Waals surface area contributed by atoms with Crippen LogP contribution in [0.25, 0.3) is 10.4 Å². The molecule has 2 aliphatic rings. The molecule has 2 aromatic carbocycles. The maximum absolute atomic E-state index is 10.8. The predicted molar refractivity (Wildman–Crippen MR) is 106 cm³/mol. The van der Waals surface area contributed by atoms with Crippen molar-refractivity contribution in [1.29, 1.82) is 0 Å². The van der Waals surface area contributed by atoms with Gasteiger partial charge in [-0.1, -0.05) is 59.7 Å². The lowest BCUT2D eigenvalue weighted by Crippen LogP contribution is -2.62. The zero-order valence-electron chi connectivity index (χ0n) is 16.4. The second kappa shape index (κ2) is 9.55. The molecule has 0 unspecified atom stereocenters. The predicted octanol–water partition coefficient (Wildman–Crippen LogP) is 3.36. The fraction of sp³-hybridized carbons (Fsp3) is 0.429. The van der Waals surface area contributed by atoms with E-state index >= 15 is 0 Å². The first-order valence-electron chi connectivity index (χ1n) is 9.64. The summed E-state index contributed by atoms with van der Waals surface area (Å²) in [5.41, 5.74) is 10.8. The van der Waals surface area contributed by atoms with E-state index in [2.05, 4.69) is 10.0 Å². The van der Waals surface area contributed by atoms with Crippen LogP contribution in [0.15, 0.2) is 59.7 Å². The Balaban J connectivity index is 1.54. The first kappa shape index (κ1) is 20.8. The first-order valence-corrected chi connectivity index (χ1v) is 9.64. The average Bonchev–Trinajstić information content (AvgIpc) is 2.79. The van der Waals surface area contributed by atoms with Crippen molar-refractivity contribution in [3.63, 3.8) is 0 Å². The van der Waals surface area contributed by atoms with Gasteiger partial charge in [0, 0.05) is 23.3 Å². The number of ether oxygens (including phenoxy) is 5. The maximum Gasteiger partial charge on any atom is 0.186 e. The Hall–Kier alpha value is -2.49. The van der Waals surface area contributed by atoms with Crippen LogP contribution >= 0.6 is 0 Å². The van der Waals surface area contributed by atoms with Gasteiger partial charge in [-0.2, -0.15) is 0 Å². The number of hydrogen-bond acceptors (Lipinski definition) is 7. The number of aliphatic hydroxyl groups excluding tert-OH is 1. The Bertz CT molecular complexity index is 891. The number of azide groups is 1. The highest BCUT2D eigenvalue weighted by Gasteiger charge is 2.50. The highest BCUT2D eigenvalue weighted by Crippen LogP contribution is 2.36. The number of nitrogens with zero attached hydrogens (tertiary/aromatic N) is 3. The van der Waals surface area contributed by atoms with Crippen LogP contribution in [0.3, 0.4) is 0 Å². The van der Waals surface area contributed by atoms with E-state index < -0.39 is 37.0 Å². The SMILES string of the molecule is CO[C@H]1O[C@@H]2CO[C@@H](c3ccccc3)O[C@H]2[C@H](OCc2ccccc2N=[N+]=[N-])[C@H]1O. The summed E-state index contributed by atoms with van der Waals surface area (Å²) in [5, 5.41) is 14.5. The molecule has 1 N–H and O–H groups in total. The van der Waals surface area contributed by atoms with E-state index in [1.54, 1.807) is 18.2 Å². The van der Waals surface area contributed by atoms with E-state index in [0.717, 1.165) is 5.56 Å². The Morgan fingerprint density at radius 1 is 1.13 bits per heavy atom. The van der Waals surface area contributed by atoms with Crippen LogP contribution in [0, 0.1) is 0 Å². The average molecular weight is 413 g/mol. The molecule has 6 atom stereocenters. The molecule has 30 heavy (non-hydrogen) atoms. The van der Waals surface area contributed by atoms with Crippen LogP contribution < -0.4 is 0 Å². The molecule has 0 saturated carbocycles. The van der Waals surface area contributed by atoms with Crippen molar-refractivity contribution < 1.29 is 28.8 Å². The quantitative estimate of drug-likeness (QED) is 0.441. The van der Waals surface area contributed by atoms with Gasteiger partial charge in [0.2, 0.25) is 0 Å². The standard InChI is InChI=1S/C21H23N3O6/c1-26-21-17(25)19(27-11-14-9-5-6-10-15(14)23-24-22)18-16(29-21)12-28-20(30-18)13-7-3-2-4-8-13/h2-10,16-21,25H,11-12H2,1H3/t16-,17-,18-,19-,20-,21+/m1/s1. The molecule has 0 amide bonds. The topological polar surface area (TPSA) is 115 Å². The van der Waals surface area contributed by atoms with Crippen molar-refractivity contribution in [1.82, 2.24) is 0 Å². The molecule has 2 aliphatic heterocycles. The summed E-state index contributed by atoms with van der Waals surface area (Å²) in [4.78, 5) is 2.85. The summed E-state index contributed by atoms with van der Waals surface area (Å²) >= 11 is 0. The summed E-state index contributed by atoms with van der Waals surface area (Å²) in [5.74, 6) is 0. The third kappa shape index (κ3) is 4.33. The highest BCUT2D eigenvalue weighted by molar-refractivity contribution is 5.45. The largest absolute Gasteiger partial charge is 0.385 e. The van der Waals surface area contributed by atoms with Gasteiger partial charge in [0.1, 0.15) is 24.4 Å². The van der Waals surface area contributed by atoms with Gasteiger partial charge in [0.15, 0.2) is 12.6 Å². The van der Waals surface area contributed by atoms with Crippen LogP contribution in [0.4, 0.5) is 5.69 Å². The molecular formula is C21H23N3O6. The fourth-order valence-electron chi connectivity index (χ4n) is 3.69. The second-order valence-corrected chi connectivity index (χ2v) is 7.04. The fourth-order valence-corrected chi connectivity index (χ4v) is 3.69. The van der Waals surface area contributed by atoms with E-state index in [-0.39, 0.29) is 13.2 Å². The van der Waals surface area contributed by atoms with Crippen molar-refractivity contribution >= 4 is 5.69 Å². The van der Waals surface area contributed by atoms with Crippen LogP contribution in [0.1, 0.15) is 17.4 Å². The van der Waals surface area contributed by atoms with Gasteiger partial charge in [-0.3, -0.25) is 0 Å². The van der Waals surface area contributed by atoms with E-state index in [1.807, 2.05) is 36.4 Å². The van der Waals surface area contributed by atoms with Gasteiger partial charge in [-0.25, -0.2) is 0 Å². The molecule has 0 aromatic heterocycles. The number of aliphatic hydroxyl groups is 1. The van der Waals surface area contributed by atoms with Gasteiger partial charge in [0.05, 0.1) is 13.2 Å². The molecule has 2 heterocycles. The molecule has 2 aromatic rings. The van der Waals surface area contributed by atoms with Crippen LogP contribution in [0.5, 0.6) is 0 Å². The monoisotopic (exact) mass is 413 g/mol. The lowest BCUT2D eigenvalue weighted by molar-refractivity contribution is -0.363. The third-order valence-electron chi connectivity index (χ3n) is 5.19. The molecule has 4 rings (SSSR count). The zero-order chi connectivity index (χ0) is 20.9. The summed E-state index contributed by atoms with van der Waals surface area (Å²) in [6.07, 6.45) is -4.30. The summed E-state index contributed by atoms with van der Waals surface area (Å²) in [6, 6.07) is 16.7. The van der Waals surface area contributed by atoms with E-state index in [9.17, 15) is 5.11 Å². The second-order valence-electron chi connectivity index (χ2n) is 7.04. The molecule has 9 nitrogen and oxygen atoms in total. The molecular weight excluding hydrogens is 390 g/mol. The molecule has 0 radical (unpaired) electrons. The van der Waals surface area contributed by atoms with Gasteiger partial charge in [0.25, 0.3) is 0 Å². The number of rotatable bonds is 6. The first-order chi connectivity index (χ1) is 14.7. The minimum Gasteiger partial charge on any atom is -0.385 e. The van der Waals surface area contributed by atoms with Crippen LogP contribution in [0.2, 0.25) is 0 Å². The van der Waals surface area contributed by atoms with Crippen molar-refractivity contribution in [3.8, 4) is 0 Å². The smallest absolute Gasteiger partial charge is 0.186 e. The van der Waals surface area contributed by atoms with Gasteiger partial charge in [-0.15, -0.1) is 0 Å². The van der Waals surface area contributed by atoms with Crippen molar-refractivity contribution in [2.75, 3.05) is 13.7 Å². The van der Waals surface area contributed by atoms with Crippen LogP contribution in [-0.4, -0.2) is 49.5 Å². The summed E-state index contributed by atoms with van der Waals surface area (Å²) < 4.78 is 29.1. The van der Waals surface area contributed by atoms with E-state index in [1.165, 1.54) is 7.11 Å². The lowest BCUT2D eigenvalue weighted by atomic mass is 9.97. The molecule has 0 bridgehead atoms. The Labute approximate surface area is 173 Å². The summed E-state index contributed by atoms with van der Waals surface area (Å²) in [7, 11) is 1.46. The van der Waals surface area contributed by atoms with Gasteiger partial charge < -0.3 is 28.8 Å². The van der Waals surface area contributed by atoms with Gasteiger partial charge in [-0.05, 0) is 11.1 Å². The highest BCUT2D eigenvalue weighted by atomic mass is 16.8. The lowest BCUT2D eigenvalue weighted by Gasteiger charge is -2.47. The Morgan fingerprint density at radius 3 is 2.67 bits per heavy atom. The molecule has 2 saturated heterocycles. The molecule has 2 fully saturated rings. The number of fused-ring (bicyclic) bond motifs is 1. The third-order valence-corrected chi connectivity index (χ3v) is 5.19. The van der Waals surface area contributed by atoms with Crippen molar-refractivity contribution in [3.05, 3.63) is 76.2 Å². The molecule has 0 spiro atoms. The normalized spacial score (nSPS) is 30.9. The minimum absolute atomic E-state index is 0.122. The van der Waals surface area contributed by atoms with Gasteiger partial charge >= 0.3 is 0 Å². The molecule has 158 valence electrons. The minimum atomic E-state index is -1.07. The summed E-state index contributed by atoms with van der Waals surface area (Å²) in [6.45, 7) is 0.392. The van der Waals surface area contributed by atoms with Crippen molar-refractivity contribution in [2.45, 2.75) is 43.6 Å². The number of methoxy groups -OCH3 is 1. The number of hydrogen-bond donors (Lipinski definition) is 1. The Kier molecular flexibility index (Phi) is 6.61. The van der Waals surface area contributed by atoms with Crippen molar-refractivity contribution in [2.24, 2.45) is 5.11 Å². The number of benzene rings is 2. The molecule has 0 aliphatic carbocycles. The molecule has 9 heteroatoms. The van der Waals surface area contributed by atoms with E-state index in [0.29, 0.717) is 11.3 Å². The van der Waals surface area contributed by atoms with E-state index in [4.69, 9.17) is 29.2 Å². The Morgan fingerprint density at radius 2 is 1.90 bits per heavy atom. The maximum atomic E-state index is 10.8. The van der Waals surface area contributed by atoms with Crippen LogP contribution in [-0.2, 0) is 30.3 Å². The zero-order valence-corrected chi connectivity index (χ0v) is 16.4.